The summed E-state index contributed by atoms with van der Waals surface area (Å²) in [6.07, 6.45) is 2.70. The Balaban J connectivity index is 1.98. The number of hydrogen-bond acceptors (Lipinski definition) is 3. The summed E-state index contributed by atoms with van der Waals surface area (Å²) in [4.78, 5) is 1.35. The third-order valence-electron chi connectivity index (χ3n) is 2.87. The Labute approximate surface area is 102 Å². The minimum Gasteiger partial charge on any atom is -0.496 e. The van der Waals surface area contributed by atoms with Gasteiger partial charge in [-0.25, -0.2) is 0 Å². The molecule has 1 N–H and O–H groups in total. The lowest BCUT2D eigenvalue weighted by atomic mass is 10.1. The van der Waals surface area contributed by atoms with E-state index in [4.69, 9.17) is 4.74 Å². The molecule has 0 radical (unpaired) electrons. The molecule has 1 aliphatic carbocycles. The zero-order valence-electron chi connectivity index (χ0n) is 10.2. The number of nitrogens with one attached hydrogen (secondary N) is 1. The fourth-order valence-corrected chi connectivity index (χ4v) is 2.68. The van der Waals surface area contributed by atoms with Crippen molar-refractivity contribution in [1.82, 2.24) is 5.32 Å². The van der Waals surface area contributed by atoms with Crippen LogP contribution < -0.4 is 10.1 Å². The molecule has 2 rings (SSSR count). The second-order valence-electron chi connectivity index (χ2n) is 4.35. The first kappa shape index (κ1) is 11.8. The Morgan fingerprint density at radius 1 is 1.31 bits per heavy atom. The lowest BCUT2D eigenvalue weighted by Crippen LogP contribution is -2.14. The second kappa shape index (κ2) is 5.11. The Morgan fingerprint density at radius 3 is 2.69 bits per heavy atom. The van der Waals surface area contributed by atoms with Crippen molar-refractivity contribution in [3.63, 3.8) is 0 Å². The Bertz CT molecular complexity index is 374. The summed E-state index contributed by atoms with van der Waals surface area (Å²) in [5.41, 5.74) is 2.51. The smallest absolute Gasteiger partial charge is 0.122 e. The fourth-order valence-electron chi connectivity index (χ4n) is 1.66. The monoisotopic (exact) mass is 237 g/mol. The van der Waals surface area contributed by atoms with Gasteiger partial charge in [-0.1, -0.05) is 0 Å². The molecular formula is C13H19NOS. The molecule has 0 aliphatic heterocycles. The van der Waals surface area contributed by atoms with Crippen LogP contribution in [-0.2, 0) is 0 Å². The number of benzene rings is 1. The van der Waals surface area contributed by atoms with Gasteiger partial charge < -0.3 is 10.1 Å². The first-order valence-electron chi connectivity index (χ1n) is 5.72. The molecule has 0 bridgehead atoms. The summed E-state index contributed by atoms with van der Waals surface area (Å²) in [5.74, 6) is 1.99. The number of thioether (sulfide) groups is 1. The molecule has 1 aliphatic rings. The summed E-state index contributed by atoms with van der Waals surface area (Å²) >= 11 is 1.88. The predicted octanol–water partition coefficient (Wildman–Crippen LogP) is 3.11. The van der Waals surface area contributed by atoms with Gasteiger partial charge in [0.2, 0.25) is 0 Å². The van der Waals surface area contributed by atoms with Gasteiger partial charge in [0.25, 0.3) is 0 Å². The van der Waals surface area contributed by atoms with Crippen molar-refractivity contribution in [1.29, 1.82) is 0 Å². The summed E-state index contributed by atoms with van der Waals surface area (Å²) in [7, 11) is 1.73. The van der Waals surface area contributed by atoms with Gasteiger partial charge in [0.1, 0.15) is 5.75 Å². The molecule has 1 saturated carbocycles. The normalized spacial score (nSPS) is 15.2. The van der Waals surface area contributed by atoms with Crippen molar-refractivity contribution in [2.45, 2.75) is 37.6 Å². The first-order valence-corrected chi connectivity index (χ1v) is 6.70. The van der Waals surface area contributed by atoms with Crippen LogP contribution >= 0.6 is 11.8 Å². The van der Waals surface area contributed by atoms with Crippen molar-refractivity contribution >= 4 is 11.8 Å². The number of aryl methyl sites for hydroxylation is 2. The van der Waals surface area contributed by atoms with Crippen LogP contribution in [0, 0.1) is 13.8 Å². The van der Waals surface area contributed by atoms with Gasteiger partial charge in [0.05, 0.1) is 7.11 Å². The van der Waals surface area contributed by atoms with E-state index < -0.39 is 0 Å². The largest absolute Gasteiger partial charge is 0.496 e. The molecule has 3 heteroatoms. The Kier molecular flexibility index (Phi) is 3.77. The standard InChI is InChI=1S/C13H19NOS/c1-9-7-13(10(2)6-12(9)15-3)16-8-14-11-4-5-11/h6-7,11,14H,4-5,8H2,1-3H3. The van der Waals surface area contributed by atoms with E-state index in [9.17, 15) is 0 Å². The van der Waals surface area contributed by atoms with E-state index in [0.29, 0.717) is 0 Å². The maximum absolute atomic E-state index is 5.31. The van der Waals surface area contributed by atoms with Crippen LogP contribution in [0.5, 0.6) is 5.75 Å². The number of hydrogen-bond donors (Lipinski definition) is 1. The molecule has 0 heterocycles. The van der Waals surface area contributed by atoms with Crippen LogP contribution in [0.15, 0.2) is 17.0 Å². The van der Waals surface area contributed by atoms with Crippen LogP contribution in [0.25, 0.3) is 0 Å². The quantitative estimate of drug-likeness (QED) is 0.628. The van der Waals surface area contributed by atoms with E-state index in [0.717, 1.165) is 17.7 Å². The molecule has 1 fully saturated rings. The molecule has 16 heavy (non-hydrogen) atoms. The molecule has 0 atom stereocenters. The zero-order valence-corrected chi connectivity index (χ0v) is 11.0. The maximum Gasteiger partial charge on any atom is 0.122 e. The molecule has 1 aromatic rings. The third-order valence-corrected chi connectivity index (χ3v) is 3.93. The highest BCUT2D eigenvalue weighted by molar-refractivity contribution is 7.99. The van der Waals surface area contributed by atoms with Gasteiger partial charge in [-0.2, -0.15) is 0 Å². The van der Waals surface area contributed by atoms with E-state index in [1.54, 1.807) is 7.11 Å². The topological polar surface area (TPSA) is 21.3 Å². The number of ether oxygens (including phenoxy) is 1. The fraction of sp³-hybridized carbons (Fsp3) is 0.538. The van der Waals surface area contributed by atoms with E-state index in [1.165, 1.54) is 28.9 Å². The minimum absolute atomic E-state index is 0.784. The van der Waals surface area contributed by atoms with E-state index in [1.807, 2.05) is 11.8 Å². The second-order valence-corrected chi connectivity index (χ2v) is 5.37. The number of methoxy groups -OCH3 is 1. The molecule has 0 spiro atoms. The van der Waals surface area contributed by atoms with Crippen molar-refractivity contribution < 1.29 is 4.74 Å². The molecule has 0 unspecified atom stereocenters. The van der Waals surface area contributed by atoms with E-state index in [2.05, 4.69) is 31.3 Å². The predicted molar refractivity (Wildman–Crippen MR) is 69.3 cm³/mol. The average Bonchev–Trinajstić information content (AvgIpc) is 3.06. The first-order chi connectivity index (χ1) is 7.70. The van der Waals surface area contributed by atoms with Gasteiger partial charge in [-0.05, 0) is 49.9 Å². The lowest BCUT2D eigenvalue weighted by Gasteiger charge is -2.11. The van der Waals surface area contributed by atoms with E-state index in [-0.39, 0.29) is 0 Å². The van der Waals surface area contributed by atoms with Crippen LogP contribution in [0.3, 0.4) is 0 Å². The Hall–Kier alpha value is -0.670. The highest BCUT2D eigenvalue weighted by Gasteiger charge is 2.19. The molecule has 0 amide bonds. The Morgan fingerprint density at radius 2 is 2.06 bits per heavy atom. The van der Waals surface area contributed by atoms with Gasteiger partial charge >= 0.3 is 0 Å². The van der Waals surface area contributed by atoms with Crippen molar-refractivity contribution in [3.8, 4) is 5.75 Å². The summed E-state index contributed by atoms with van der Waals surface area (Å²) < 4.78 is 5.31. The molecule has 2 nitrogen and oxygen atoms in total. The lowest BCUT2D eigenvalue weighted by molar-refractivity contribution is 0.411. The van der Waals surface area contributed by atoms with Crippen molar-refractivity contribution in [2.75, 3.05) is 13.0 Å². The average molecular weight is 237 g/mol. The SMILES string of the molecule is COc1cc(C)c(SCNC2CC2)cc1C. The zero-order chi connectivity index (χ0) is 11.5. The van der Waals surface area contributed by atoms with Crippen LogP contribution in [0.1, 0.15) is 24.0 Å². The van der Waals surface area contributed by atoms with Crippen molar-refractivity contribution in [2.24, 2.45) is 0 Å². The van der Waals surface area contributed by atoms with Gasteiger partial charge in [0.15, 0.2) is 0 Å². The maximum atomic E-state index is 5.31. The van der Waals surface area contributed by atoms with Gasteiger partial charge in [-0.15, -0.1) is 11.8 Å². The van der Waals surface area contributed by atoms with Gasteiger partial charge in [0, 0.05) is 16.8 Å². The summed E-state index contributed by atoms with van der Waals surface area (Å²) in [6.45, 7) is 4.23. The van der Waals surface area contributed by atoms with Crippen LogP contribution in [0.2, 0.25) is 0 Å². The minimum atomic E-state index is 0.784. The number of rotatable bonds is 5. The third kappa shape index (κ3) is 2.92. The van der Waals surface area contributed by atoms with Gasteiger partial charge in [-0.3, -0.25) is 0 Å². The highest BCUT2D eigenvalue weighted by atomic mass is 32.2. The highest BCUT2D eigenvalue weighted by Crippen LogP contribution is 2.29. The molecule has 88 valence electrons. The molecule has 0 saturated heterocycles. The summed E-state index contributed by atoms with van der Waals surface area (Å²) in [6, 6.07) is 5.12. The van der Waals surface area contributed by atoms with Crippen molar-refractivity contribution in [3.05, 3.63) is 23.3 Å². The molecule has 1 aromatic carbocycles. The summed E-state index contributed by atoms with van der Waals surface area (Å²) in [5, 5.41) is 3.51. The van der Waals surface area contributed by atoms with Crippen LogP contribution in [-0.4, -0.2) is 19.0 Å². The van der Waals surface area contributed by atoms with Crippen LogP contribution in [0.4, 0.5) is 0 Å². The molecule has 0 aromatic heterocycles. The van der Waals surface area contributed by atoms with E-state index >= 15 is 0 Å². The molecular weight excluding hydrogens is 218 g/mol.